The Balaban J connectivity index is 0.000000108. The van der Waals surface area contributed by atoms with Gasteiger partial charge < -0.3 is 13.3 Å². The second-order valence-corrected chi connectivity index (χ2v) is 39.4. The lowest BCUT2D eigenvalue weighted by Crippen LogP contribution is -2.25. The summed E-state index contributed by atoms with van der Waals surface area (Å²) in [4.78, 5) is 48.5. The minimum absolute atomic E-state index is 0.0665. The average molecular weight is 1900 g/mol. The molecule has 0 saturated carbocycles. The molecule has 30 rings (SSSR count). The molecular weight excluding hydrogens is 1810 g/mol. The van der Waals surface area contributed by atoms with Gasteiger partial charge in [-0.05, 0) is 142 Å². The number of hydrogen-bond acceptors (Lipinski definition) is 13. The van der Waals surface area contributed by atoms with E-state index < -0.39 is 5.41 Å². The van der Waals surface area contributed by atoms with Gasteiger partial charge in [0, 0.05) is 111 Å². The van der Waals surface area contributed by atoms with E-state index in [0.29, 0.717) is 58.1 Å². The number of para-hydroxylation sites is 3. The molecule has 0 aliphatic heterocycles. The van der Waals surface area contributed by atoms with Crippen LogP contribution in [0.3, 0.4) is 0 Å². The highest BCUT2D eigenvalue weighted by atomic mass is 16.3. The van der Waals surface area contributed by atoms with Gasteiger partial charge in [0.2, 0.25) is 0 Å². The topological polar surface area (TPSA) is 168 Å². The van der Waals surface area contributed by atoms with Gasteiger partial charge in [0.05, 0.1) is 5.41 Å². The highest BCUT2D eigenvalue weighted by Gasteiger charge is 2.53. The fraction of sp³-hybridized carbons (Fsp3) is 0.0519. The fourth-order valence-electron chi connectivity index (χ4n) is 23.4. The molecule has 1 spiro atoms. The van der Waals surface area contributed by atoms with Crippen LogP contribution in [0.15, 0.2) is 474 Å². The summed E-state index contributed by atoms with van der Waals surface area (Å²) in [6.45, 7) is 9.26. The van der Waals surface area contributed by atoms with E-state index in [1.807, 2.05) is 170 Å². The van der Waals surface area contributed by atoms with E-state index in [2.05, 4.69) is 318 Å². The average Bonchev–Trinajstić information content (AvgIpc) is 1.49. The van der Waals surface area contributed by atoms with E-state index in [9.17, 15) is 0 Å². The number of aromatic nitrogens is 10. The normalized spacial score (nSPS) is 13.2. The van der Waals surface area contributed by atoms with Crippen LogP contribution >= 0.6 is 0 Å². The minimum atomic E-state index is -0.403. The van der Waals surface area contributed by atoms with Crippen molar-refractivity contribution in [2.75, 3.05) is 0 Å². The molecule has 148 heavy (non-hydrogen) atoms. The van der Waals surface area contributed by atoms with Crippen molar-refractivity contribution >= 4 is 65.8 Å². The van der Waals surface area contributed by atoms with E-state index in [1.54, 1.807) is 6.20 Å². The number of fused-ring (bicyclic) bond motifs is 28. The van der Waals surface area contributed by atoms with Crippen molar-refractivity contribution in [2.45, 2.75) is 43.9 Å². The summed E-state index contributed by atoms with van der Waals surface area (Å²) in [7, 11) is 0. The van der Waals surface area contributed by atoms with Crippen molar-refractivity contribution in [3.63, 3.8) is 0 Å². The maximum atomic E-state index is 6.88. The summed E-state index contributed by atoms with van der Waals surface area (Å²) in [6.07, 6.45) is 1.75. The van der Waals surface area contributed by atoms with Gasteiger partial charge in [0.25, 0.3) is 0 Å². The predicted molar refractivity (Wildman–Crippen MR) is 596 cm³/mol. The molecular formula is C135H88N10O3. The molecule has 7 heterocycles. The second-order valence-electron chi connectivity index (χ2n) is 39.4. The zero-order chi connectivity index (χ0) is 98.5. The number of pyridine rings is 1. The minimum Gasteiger partial charge on any atom is -0.455 e. The molecule has 0 amide bonds. The lowest BCUT2D eigenvalue weighted by molar-refractivity contribution is 0.656. The van der Waals surface area contributed by atoms with Crippen LogP contribution < -0.4 is 0 Å². The van der Waals surface area contributed by atoms with E-state index in [-0.39, 0.29) is 10.8 Å². The van der Waals surface area contributed by atoms with Gasteiger partial charge in [-0.15, -0.1) is 0 Å². The van der Waals surface area contributed by atoms with Crippen LogP contribution in [0.1, 0.15) is 72.2 Å². The van der Waals surface area contributed by atoms with Crippen molar-refractivity contribution in [2.24, 2.45) is 0 Å². The molecule has 696 valence electrons. The summed E-state index contributed by atoms with van der Waals surface area (Å²) in [6, 6.07) is 158. The molecule has 0 N–H and O–H groups in total. The molecule has 7 aromatic heterocycles. The summed E-state index contributed by atoms with van der Waals surface area (Å²) in [5.74, 6) is 5.58. The van der Waals surface area contributed by atoms with Gasteiger partial charge >= 0.3 is 0 Å². The van der Waals surface area contributed by atoms with Crippen LogP contribution in [0, 0.1) is 0 Å². The molecule has 13 heteroatoms. The monoisotopic (exact) mass is 1900 g/mol. The van der Waals surface area contributed by atoms with Crippen LogP contribution in [0.2, 0.25) is 0 Å². The summed E-state index contributed by atoms with van der Waals surface area (Å²) >= 11 is 0. The van der Waals surface area contributed by atoms with Gasteiger partial charge in [-0.3, -0.25) is 4.98 Å². The first-order chi connectivity index (χ1) is 72.9. The first kappa shape index (κ1) is 86.6. The standard InChI is InChI=1S/C52H31N3O.C42H29N3O.C41H28N4O/c1-3-14-33(15-4-1)49-53-50(34-16-5-2-6-17-34)55-51(54-49)35-28-26-32(27-29-35)36-21-13-22-40-47-45(56-48(36)40)31-30-44-46(47)39-20-9-12-25-43(39)52(44)41-23-10-7-18-37(41)38-19-8-11-24-42(38)52;1-42(2)33-22-10-9-19-31(33)36-34(42)23-24-35-37(36)32-21-12-20-30(38(32)46-35)28-17-11-18-29(25-28)41-44-39(26-13-5-3-6-14-26)43-40(45-41)27-15-7-4-8-16-27;1-41(2)31-16-7-6-13-29(31)35-32(41)22-23-34-36(35)30-15-10-14-28(37(30)46-34)25-18-20-27(21-19-25)39-43-38(26-11-4-3-5-12-26)44-40(45-39)33-17-8-9-24-42-33/h1-31H;3-25H,1-2H3;3-24H,1-2H3. The van der Waals surface area contributed by atoms with Gasteiger partial charge in [0.1, 0.15) is 39.2 Å². The van der Waals surface area contributed by atoms with Crippen molar-refractivity contribution in [1.29, 1.82) is 0 Å². The van der Waals surface area contributed by atoms with Crippen molar-refractivity contribution in [1.82, 2.24) is 49.8 Å². The summed E-state index contributed by atoms with van der Waals surface area (Å²) in [5.41, 5.74) is 40.3. The molecule has 0 bridgehead atoms. The Morgan fingerprint density at radius 3 is 0.797 bits per heavy atom. The molecule has 13 nitrogen and oxygen atoms in total. The molecule has 0 unspecified atom stereocenters. The first-order valence-corrected chi connectivity index (χ1v) is 50.1. The van der Waals surface area contributed by atoms with E-state index >= 15 is 0 Å². The van der Waals surface area contributed by atoms with E-state index in [0.717, 1.165) is 133 Å². The number of benzene rings is 19. The Morgan fingerprint density at radius 1 is 0.176 bits per heavy atom. The summed E-state index contributed by atoms with van der Waals surface area (Å²) in [5, 5.41) is 6.90. The van der Waals surface area contributed by atoms with Gasteiger partial charge in [-0.2, -0.15) is 0 Å². The zero-order valence-corrected chi connectivity index (χ0v) is 81.1. The molecule has 0 fully saturated rings. The first-order valence-electron chi connectivity index (χ1n) is 50.1. The third kappa shape index (κ3) is 14.0. The molecule has 4 aliphatic carbocycles. The molecule has 0 radical (unpaired) electrons. The summed E-state index contributed by atoms with van der Waals surface area (Å²) < 4.78 is 20.2. The van der Waals surface area contributed by atoms with Crippen LogP contribution in [-0.2, 0) is 16.2 Å². The SMILES string of the molecule is CC1(C)c2ccccc2-c2c1ccc1oc3c(-c4ccc(-c5nc(-c6ccccc6)nc(-c6ccccn6)n5)cc4)cccc3c21.CC1(C)c2ccccc2-c2c1ccc1oc3c(-c4cccc(-c5nc(-c6ccccc6)nc(-c6ccccc6)n5)c4)cccc3c21.c1ccc(-c2nc(-c3ccccc3)nc(-c3ccc(-c4cccc5c4oc4ccc6c(c45)-c4ccccc4C64c5ccccc5-c5ccccc54)cc3)n2)cc1. The Morgan fingerprint density at radius 2 is 0.432 bits per heavy atom. The van der Waals surface area contributed by atoms with E-state index in [1.165, 1.54) is 99.8 Å². The maximum absolute atomic E-state index is 6.88. The molecule has 19 aromatic carbocycles. The van der Waals surface area contributed by atoms with Gasteiger partial charge in [0.15, 0.2) is 52.4 Å². The number of furan rings is 3. The third-order valence-electron chi connectivity index (χ3n) is 30.3. The molecule has 4 aliphatic rings. The molecule has 26 aromatic rings. The largest absolute Gasteiger partial charge is 0.455 e. The Labute approximate surface area is 853 Å². The highest BCUT2D eigenvalue weighted by Crippen LogP contribution is 2.65. The van der Waals surface area contributed by atoms with Crippen LogP contribution in [0.25, 0.3) is 246 Å². The smallest absolute Gasteiger partial charge is 0.182 e. The molecule has 0 saturated heterocycles. The lowest BCUT2D eigenvalue weighted by Gasteiger charge is -2.30. The van der Waals surface area contributed by atoms with Gasteiger partial charge in [-0.25, -0.2) is 44.9 Å². The van der Waals surface area contributed by atoms with Crippen molar-refractivity contribution < 1.29 is 13.3 Å². The maximum Gasteiger partial charge on any atom is 0.182 e. The molecule has 0 atom stereocenters. The second kappa shape index (κ2) is 34.5. The highest BCUT2D eigenvalue weighted by molar-refractivity contribution is 6.21. The van der Waals surface area contributed by atoms with Crippen molar-refractivity contribution in [3.8, 4) is 181 Å². The quantitative estimate of drug-likeness (QED) is 0.113. The number of hydrogen-bond donors (Lipinski definition) is 0. The van der Waals surface area contributed by atoms with Crippen LogP contribution in [0.4, 0.5) is 0 Å². The van der Waals surface area contributed by atoms with Crippen molar-refractivity contribution in [3.05, 3.63) is 506 Å². The number of nitrogens with zero attached hydrogens (tertiary/aromatic N) is 10. The van der Waals surface area contributed by atoms with Crippen LogP contribution in [-0.4, -0.2) is 49.8 Å². The Hall–Kier alpha value is -19.2. The van der Waals surface area contributed by atoms with Crippen LogP contribution in [0.5, 0.6) is 0 Å². The Bertz CT molecular complexity index is 9620. The fourth-order valence-corrected chi connectivity index (χ4v) is 23.4. The lowest BCUT2D eigenvalue weighted by atomic mass is 9.70. The van der Waals surface area contributed by atoms with E-state index in [4.69, 9.17) is 58.1 Å². The Kier molecular flexibility index (Phi) is 20.2. The predicted octanol–water partition coefficient (Wildman–Crippen LogP) is 33.7. The number of rotatable bonds is 12. The van der Waals surface area contributed by atoms with Gasteiger partial charge in [-0.1, -0.05) is 446 Å². The zero-order valence-electron chi connectivity index (χ0n) is 81.1. The third-order valence-corrected chi connectivity index (χ3v) is 30.3.